The van der Waals surface area contributed by atoms with E-state index in [1.54, 1.807) is 0 Å². The zero-order chi connectivity index (χ0) is 12.7. The largest absolute Gasteiger partial charge is 0.324 e. The molecular formula is C14H16ClFN2. The summed E-state index contributed by atoms with van der Waals surface area (Å²) in [6.45, 7) is 1.92. The number of halogens is 2. The molecule has 1 aliphatic rings. The minimum atomic E-state index is -0.243. The molecule has 18 heavy (non-hydrogen) atoms. The number of alkyl halides is 1. The molecule has 0 bridgehead atoms. The fraction of sp³-hybridized carbons (Fsp3) is 0.500. The van der Waals surface area contributed by atoms with Crippen molar-refractivity contribution < 1.29 is 4.39 Å². The van der Waals surface area contributed by atoms with E-state index in [2.05, 4.69) is 9.55 Å². The van der Waals surface area contributed by atoms with Crippen LogP contribution in [-0.4, -0.2) is 9.55 Å². The Morgan fingerprint density at radius 1 is 1.39 bits per heavy atom. The lowest BCUT2D eigenvalue weighted by molar-refractivity contribution is 0.510. The summed E-state index contributed by atoms with van der Waals surface area (Å²) in [4.78, 5) is 4.51. The molecule has 3 rings (SSSR count). The highest BCUT2D eigenvalue weighted by Gasteiger charge is 2.24. The molecule has 0 N–H and O–H groups in total. The van der Waals surface area contributed by atoms with Gasteiger partial charge in [0.1, 0.15) is 11.6 Å². The lowest BCUT2D eigenvalue weighted by atomic mass is 10.2. The Morgan fingerprint density at radius 2 is 2.11 bits per heavy atom. The number of benzene rings is 1. The lowest BCUT2D eigenvalue weighted by Crippen LogP contribution is -2.09. The second-order valence-corrected chi connectivity index (χ2v) is 5.68. The van der Waals surface area contributed by atoms with E-state index in [9.17, 15) is 4.39 Å². The highest BCUT2D eigenvalue weighted by molar-refractivity contribution is 6.20. The molecular weight excluding hydrogens is 251 g/mol. The average Bonchev–Trinajstić information content (AvgIpc) is 2.92. The number of hydrogen-bond acceptors (Lipinski definition) is 1. The molecule has 0 saturated heterocycles. The van der Waals surface area contributed by atoms with Gasteiger partial charge in [0.2, 0.25) is 0 Å². The predicted octanol–water partition coefficient (Wildman–Crippen LogP) is 4.59. The number of aromatic nitrogens is 2. The van der Waals surface area contributed by atoms with Crippen molar-refractivity contribution in [2.45, 2.75) is 44.0 Å². The minimum absolute atomic E-state index is 0.152. The van der Waals surface area contributed by atoms with Crippen molar-refractivity contribution in [1.29, 1.82) is 0 Å². The third kappa shape index (κ3) is 1.91. The maximum Gasteiger partial charge on any atom is 0.127 e. The van der Waals surface area contributed by atoms with Crippen LogP contribution in [0, 0.1) is 5.82 Å². The first-order chi connectivity index (χ1) is 8.66. The molecule has 0 aliphatic heterocycles. The summed E-state index contributed by atoms with van der Waals surface area (Å²) in [5.41, 5.74) is 1.72. The Hall–Kier alpha value is -1.09. The smallest absolute Gasteiger partial charge is 0.127 e. The zero-order valence-electron chi connectivity index (χ0n) is 10.4. The van der Waals surface area contributed by atoms with E-state index in [-0.39, 0.29) is 11.2 Å². The third-order valence-corrected chi connectivity index (χ3v) is 3.92. The van der Waals surface area contributed by atoms with Gasteiger partial charge in [-0.1, -0.05) is 12.8 Å². The van der Waals surface area contributed by atoms with Crippen LogP contribution >= 0.6 is 11.6 Å². The first-order valence-corrected chi connectivity index (χ1v) is 6.92. The van der Waals surface area contributed by atoms with E-state index in [0.717, 1.165) is 11.3 Å². The van der Waals surface area contributed by atoms with E-state index in [4.69, 9.17) is 11.6 Å². The molecule has 0 spiro atoms. The van der Waals surface area contributed by atoms with Gasteiger partial charge >= 0.3 is 0 Å². The van der Waals surface area contributed by atoms with Crippen molar-refractivity contribution in [2.24, 2.45) is 0 Å². The van der Waals surface area contributed by atoms with Gasteiger partial charge in [0.15, 0.2) is 0 Å². The molecule has 0 amide bonds. The summed E-state index contributed by atoms with van der Waals surface area (Å²) >= 11 is 6.22. The fourth-order valence-corrected chi connectivity index (χ4v) is 3.07. The predicted molar refractivity (Wildman–Crippen MR) is 71.5 cm³/mol. The Balaban J connectivity index is 2.21. The SMILES string of the molecule is CC(Cl)c1nc2cc(F)ccc2n1C1CCCC1. The van der Waals surface area contributed by atoms with Gasteiger partial charge in [0.25, 0.3) is 0 Å². The van der Waals surface area contributed by atoms with Crippen LogP contribution in [0.4, 0.5) is 4.39 Å². The molecule has 1 aromatic carbocycles. The van der Waals surface area contributed by atoms with Crippen LogP contribution in [0.5, 0.6) is 0 Å². The summed E-state index contributed by atoms with van der Waals surface area (Å²) in [6.07, 6.45) is 4.84. The number of fused-ring (bicyclic) bond motifs is 1. The van der Waals surface area contributed by atoms with Gasteiger partial charge in [-0.05, 0) is 31.9 Å². The molecule has 0 radical (unpaired) electrons. The van der Waals surface area contributed by atoms with E-state index in [1.807, 2.05) is 13.0 Å². The summed E-state index contributed by atoms with van der Waals surface area (Å²) in [5, 5.41) is -0.152. The average molecular weight is 267 g/mol. The molecule has 1 aromatic heterocycles. The maximum atomic E-state index is 13.3. The second-order valence-electron chi connectivity index (χ2n) is 5.03. The summed E-state index contributed by atoms with van der Waals surface area (Å²) in [5.74, 6) is 0.622. The van der Waals surface area contributed by atoms with Gasteiger partial charge in [-0.3, -0.25) is 0 Å². The van der Waals surface area contributed by atoms with Crippen LogP contribution in [0.1, 0.15) is 49.9 Å². The summed E-state index contributed by atoms with van der Waals surface area (Å²) < 4.78 is 15.5. The molecule has 1 atom stereocenters. The standard InChI is InChI=1S/C14H16ClFN2/c1-9(15)14-17-12-8-10(16)6-7-13(12)18(14)11-4-2-3-5-11/h6-9,11H,2-5H2,1H3. The summed E-state index contributed by atoms with van der Waals surface area (Å²) in [7, 11) is 0. The van der Waals surface area contributed by atoms with Gasteiger partial charge < -0.3 is 4.57 Å². The van der Waals surface area contributed by atoms with Gasteiger partial charge in [0, 0.05) is 12.1 Å². The molecule has 96 valence electrons. The van der Waals surface area contributed by atoms with Crippen LogP contribution in [0.3, 0.4) is 0 Å². The van der Waals surface area contributed by atoms with E-state index in [1.165, 1.54) is 37.8 Å². The van der Waals surface area contributed by atoms with Crippen LogP contribution in [0.15, 0.2) is 18.2 Å². The Morgan fingerprint density at radius 3 is 2.78 bits per heavy atom. The molecule has 4 heteroatoms. The second kappa shape index (κ2) is 4.54. The van der Waals surface area contributed by atoms with Crippen molar-refractivity contribution in [2.75, 3.05) is 0 Å². The topological polar surface area (TPSA) is 17.8 Å². The first kappa shape index (κ1) is 12.0. The van der Waals surface area contributed by atoms with Crippen LogP contribution in [-0.2, 0) is 0 Å². The van der Waals surface area contributed by atoms with Crippen molar-refractivity contribution in [3.8, 4) is 0 Å². The monoisotopic (exact) mass is 266 g/mol. The van der Waals surface area contributed by atoms with Crippen molar-refractivity contribution in [1.82, 2.24) is 9.55 Å². The maximum absolute atomic E-state index is 13.3. The Labute approximate surface area is 111 Å². The number of hydrogen-bond donors (Lipinski definition) is 0. The number of imidazole rings is 1. The highest BCUT2D eigenvalue weighted by Crippen LogP contribution is 2.36. The van der Waals surface area contributed by atoms with E-state index in [0.29, 0.717) is 11.6 Å². The van der Waals surface area contributed by atoms with E-state index >= 15 is 0 Å². The number of nitrogens with zero attached hydrogens (tertiary/aromatic N) is 2. The van der Waals surface area contributed by atoms with Gasteiger partial charge in [0.05, 0.1) is 16.4 Å². The lowest BCUT2D eigenvalue weighted by Gasteiger charge is -2.17. The number of rotatable bonds is 2. The fourth-order valence-electron chi connectivity index (χ4n) is 2.92. The molecule has 2 aromatic rings. The van der Waals surface area contributed by atoms with Gasteiger partial charge in [-0.15, -0.1) is 11.6 Å². The molecule has 2 nitrogen and oxygen atoms in total. The minimum Gasteiger partial charge on any atom is -0.324 e. The Bertz CT molecular complexity index is 570. The van der Waals surface area contributed by atoms with Crippen LogP contribution < -0.4 is 0 Å². The first-order valence-electron chi connectivity index (χ1n) is 6.48. The molecule has 1 aliphatic carbocycles. The molecule has 1 unspecified atom stereocenters. The normalized spacial score (nSPS) is 18.6. The zero-order valence-corrected chi connectivity index (χ0v) is 11.1. The Kier molecular flexibility index (Phi) is 3.02. The van der Waals surface area contributed by atoms with Crippen LogP contribution in [0.2, 0.25) is 0 Å². The van der Waals surface area contributed by atoms with Crippen molar-refractivity contribution >= 4 is 22.6 Å². The van der Waals surface area contributed by atoms with Crippen molar-refractivity contribution in [3.63, 3.8) is 0 Å². The quantitative estimate of drug-likeness (QED) is 0.727. The van der Waals surface area contributed by atoms with Crippen molar-refractivity contribution in [3.05, 3.63) is 29.8 Å². The van der Waals surface area contributed by atoms with Crippen LogP contribution in [0.25, 0.3) is 11.0 Å². The van der Waals surface area contributed by atoms with E-state index < -0.39 is 0 Å². The third-order valence-electron chi connectivity index (χ3n) is 3.72. The van der Waals surface area contributed by atoms with Gasteiger partial charge in [-0.2, -0.15) is 0 Å². The molecule has 1 heterocycles. The summed E-state index contributed by atoms with van der Waals surface area (Å²) in [6, 6.07) is 5.28. The van der Waals surface area contributed by atoms with Gasteiger partial charge in [-0.25, -0.2) is 9.37 Å². The highest BCUT2D eigenvalue weighted by atomic mass is 35.5. The molecule has 1 fully saturated rings. The molecule has 1 saturated carbocycles.